The molecule has 2 aromatic rings. The second kappa shape index (κ2) is 5.31. The lowest BCUT2D eigenvalue weighted by Gasteiger charge is -2.12. The normalized spacial score (nSPS) is 17.1. The second-order valence-corrected chi connectivity index (χ2v) is 5.57. The highest BCUT2D eigenvalue weighted by molar-refractivity contribution is 5.40. The summed E-state index contributed by atoms with van der Waals surface area (Å²) in [4.78, 5) is 0. The third-order valence-corrected chi connectivity index (χ3v) is 3.97. The molecular weight excluding hydrogens is 248 g/mol. The van der Waals surface area contributed by atoms with Crippen molar-refractivity contribution in [3.05, 3.63) is 46.8 Å². The third kappa shape index (κ3) is 2.45. The van der Waals surface area contributed by atoms with E-state index >= 15 is 0 Å². The van der Waals surface area contributed by atoms with Crippen molar-refractivity contribution in [2.75, 3.05) is 0 Å². The molecule has 20 heavy (non-hydrogen) atoms. The predicted molar refractivity (Wildman–Crippen MR) is 80.3 cm³/mol. The molecule has 0 radical (unpaired) electrons. The number of nitrogens with zero attached hydrogens (tertiary/aromatic N) is 2. The van der Waals surface area contributed by atoms with Crippen molar-refractivity contribution in [3.8, 4) is 5.75 Å². The lowest BCUT2D eigenvalue weighted by Crippen LogP contribution is -2.22. The molecule has 3 nitrogen and oxygen atoms in total. The van der Waals surface area contributed by atoms with Crippen molar-refractivity contribution < 1.29 is 4.74 Å². The van der Waals surface area contributed by atoms with E-state index in [0.29, 0.717) is 0 Å². The summed E-state index contributed by atoms with van der Waals surface area (Å²) in [5.74, 6) is 1.04. The SMILES string of the molecule is CCc1cc(CC)n(CC2Cc3cc(C)ccc3O2)n1. The number of rotatable bonds is 4. The Hall–Kier alpha value is -1.77. The maximum Gasteiger partial charge on any atom is 0.123 e. The first-order chi connectivity index (χ1) is 9.69. The van der Waals surface area contributed by atoms with E-state index in [9.17, 15) is 0 Å². The molecular formula is C17H22N2O. The smallest absolute Gasteiger partial charge is 0.123 e. The van der Waals surface area contributed by atoms with Gasteiger partial charge in [-0.15, -0.1) is 0 Å². The highest BCUT2D eigenvalue weighted by Gasteiger charge is 2.24. The number of ether oxygens (including phenoxy) is 1. The van der Waals surface area contributed by atoms with E-state index in [1.54, 1.807) is 0 Å². The van der Waals surface area contributed by atoms with E-state index in [-0.39, 0.29) is 6.10 Å². The molecule has 3 rings (SSSR count). The Labute approximate surface area is 120 Å². The summed E-state index contributed by atoms with van der Waals surface area (Å²) < 4.78 is 8.17. The number of hydrogen-bond donors (Lipinski definition) is 0. The van der Waals surface area contributed by atoms with Gasteiger partial charge in [-0.1, -0.05) is 31.5 Å². The molecule has 1 aromatic carbocycles. The molecule has 0 saturated carbocycles. The molecule has 1 atom stereocenters. The van der Waals surface area contributed by atoms with Gasteiger partial charge in [0.15, 0.2) is 0 Å². The van der Waals surface area contributed by atoms with Crippen LogP contribution in [0, 0.1) is 6.92 Å². The van der Waals surface area contributed by atoms with Crippen molar-refractivity contribution in [2.24, 2.45) is 0 Å². The fraction of sp³-hybridized carbons (Fsp3) is 0.471. The molecule has 1 unspecified atom stereocenters. The van der Waals surface area contributed by atoms with Crippen LogP contribution in [0.2, 0.25) is 0 Å². The molecule has 106 valence electrons. The zero-order valence-corrected chi connectivity index (χ0v) is 12.5. The van der Waals surface area contributed by atoms with Crippen LogP contribution >= 0.6 is 0 Å². The first-order valence-corrected chi connectivity index (χ1v) is 7.51. The van der Waals surface area contributed by atoms with E-state index < -0.39 is 0 Å². The molecule has 3 heteroatoms. The number of aromatic nitrogens is 2. The minimum atomic E-state index is 0.210. The van der Waals surface area contributed by atoms with E-state index in [4.69, 9.17) is 4.74 Å². The Morgan fingerprint density at radius 2 is 2.10 bits per heavy atom. The Bertz CT molecular complexity index is 615. The molecule has 0 spiro atoms. The van der Waals surface area contributed by atoms with E-state index in [0.717, 1.165) is 31.6 Å². The molecule has 1 aliphatic heterocycles. The number of aryl methyl sites for hydroxylation is 3. The van der Waals surface area contributed by atoms with Crippen LogP contribution in [0.5, 0.6) is 5.75 Å². The Kier molecular flexibility index (Phi) is 3.51. The molecule has 0 bridgehead atoms. The summed E-state index contributed by atoms with van der Waals surface area (Å²) in [7, 11) is 0. The zero-order chi connectivity index (χ0) is 14.1. The van der Waals surface area contributed by atoms with Crippen molar-refractivity contribution in [1.29, 1.82) is 0 Å². The van der Waals surface area contributed by atoms with Gasteiger partial charge in [0.1, 0.15) is 11.9 Å². The quantitative estimate of drug-likeness (QED) is 0.852. The minimum Gasteiger partial charge on any atom is -0.488 e. The van der Waals surface area contributed by atoms with Gasteiger partial charge in [0, 0.05) is 12.1 Å². The maximum absolute atomic E-state index is 6.05. The molecule has 0 amide bonds. The Balaban J connectivity index is 1.76. The van der Waals surface area contributed by atoms with Crippen molar-refractivity contribution in [2.45, 2.75) is 52.7 Å². The van der Waals surface area contributed by atoms with Gasteiger partial charge in [-0.25, -0.2) is 0 Å². The summed E-state index contributed by atoms with van der Waals surface area (Å²) in [5, 5.41) is 4.68. The van der Waals surface area contributed by atoms with Gasteiger partial charge in [-0.2, -0.15) is 5.10 Å². The van der Waals surface area contributed by atoms with Crippen LogP contribution in [0.25, 0.3) is 0 Å². The highest BCUT2D eigenvalue weighted by atomic mass is 16.5. The Morgan fingerprint density at radius 3 is 2.85 bits per heavy atom. The molecule has 1 aromatic heterocycles. The van der Waals surface area contributed by atoms with Gasteiger partial charge in [0.25, 0.3) is 0 Å². The minimum absolute atomic E-state index is 0.210. The average molecular weight is 270 g/mol. The maximum atomic E-state index is 6.05. The van der Waals surface area contributed by atoms with Crippen LogP contribution in [0.1, 0.15) is 36.4 Å². The predicted octanol–water partition coefficient (Wildman–Crippen LogP) is 3.32. The fourth-order valence-corrected chi connectivity index (χ4v) is 2.87. The number of benzene rings is 1. The Morgan fingerprint density at radius 1 is 1.25 bits per heavy atom. The summed E-state index contributed by atoms with van der Waals surface area (Å²) in [6.45, 7) is 7.30. The third-order valence-electron chi connectivity index (χ3n) is 3.97. The van der Waals surface area contributed by atoms with Crippen LogP contribution in [-0.4, -0.2) is 15.9 Å². The number of fused-ring (bicyclic) bond motifs is 1. The summed E-state index contributed by atoms with van der Waals surface area (Å²) in [6, 6.07) is 8.65. The van der Waals surface area contributed by atoms with E-state index in [1.165, 1.54) is 22.5 Å². The van der Waals surface area contributed by atoms with Crippen LogP contribution < -0.4 is 4.74 Å². The van der Waals surface area contributed by atoms with Gasteiger partial charge in [0.05, 0.1) is 12.2 Å². The monoisotopic (exact) mass is 270 g/mol. The molecule has 2 heterocycles. The van der Waals surface area contributed by atoms with E-state index in [2.05, 4.69) is 54.8 Å². The molecule has 0 N–H and O–H groups in total. The number of hydrogen-bond acceptors (Lipinski definition) is 2. The highest BCUT2D eigenvalue weighted by Crippen LogP contribution is 2.30. The standard InChI is InChI=1S/C17H22N2O/c1-4-14-10-15(5-2)19(18-14)11-16-9-13-8-12(3)6-7-17(13)20-16/h6-8,10,16H,4-5,9,11H2,1-3H3. The molecule has 1 aliphatic rings. The van der Waals surface area contributed by atoms with Gasteiger partial charge in [-0.3, -0.25) is 4.68 Å². The lowest BCUT2D eigenvalue weighted by atomic mass is 10.1. The zero-order valence-electron chi connectivity index (χ0n) is 12.5. The lowest BCUT2D eigenvalue weighted by molar-refractivity contribution is 0.201. The van der Waals surface area contributed by atoms with Crippen LogP contribution in [0.15, 0.2) is 24.3 Å². The summed E-state index contributed by atoms with van der Waals surface area (Å²) >= 11 is 0. The van der Waals surface area contributed by atoms with Gasteiger partial charge >= 0.3 is 0 Å². The second-order valence-electron chi connectivity index (χ2n) is 5.57. The van der Waals surface area contributed by atoms with Crippen LogP contribution in [0.4, 0.5) is 0 Å². The topological polar surface area (TPSA) is 27.1 Å². The first-order valence-electron chi connectivity index (χ1n) is 7.51. The molecule has 0 fully saturated rings. The van der Waals surface area contributed by atoms with Crippen LogP contribution in [0.3, 0.4) is 0 Å². The van der Waals surface area contributed by atoms with Gasteiger partial charge < -0.3 is 4.74 Å². The molecule has 0 saturated heterocycles. The van der Waals surface area contributed by atoms with Gasteiger partial charge in [-0.05, 0) is 37.5 Å². The van der Waals surface area contributed by atoms with Crippen molar-refractivity contribution in [3.63, 3.8) is 0 Å². The first kappa shape index (κ1) is 13.2. The van der Waals surface area contributed by atoms with Gasteiger partial charge in [0.2, 0.25) is 0 Å². The summed E-state index contributed by atoms with van der Waals surface area (Å²) in [6.07, 6.45) is 3.21. The van der Waals surface area contributed by atoms with E-state index in [1.807, 2.05) is 0 Å². The van der Waals surface area contributed by atoms with Crippen molar-refractivity contribution >= 4 is 0 Å². The largest absolute Gasteiger partial charge is 0.488 e. The van der Waals surface area contributed by atoms with Crippen molar-refractivity contribution in [1.82, 2.24) is 9.78 Å². The summed E-state index contributed by atoms with van der Waals surface area (Å²) in [5.41, 5.74) is 5.11. The van der Waals surface area contributed by atoms with Crippen LogP contribution in [-0.2, 0) is 25.8 Å². The molecule has 0 aliphatic carbocycles. The average Bonchev–Trinajstić information content (AvgIpc) is 3.01. The fourth-order valence-electron chi connectivity index (χ4n) is 2.87.